The first-order valence-corrected chi connectivity index (χ1v) is 6.37. The number of hydrogen-bond donors (Lipinski definition) is 0. The largest absolute Gasteiger partial charge is 2.00 e. The minimum absolute atomic E-state index is 0. The van der Waals surface area contributed by atoms with Crippen molar-refractivity contribution in [2.24, 2.45) is 0 Å². The normalized spacial score (nSPS) is 24.7. The van der Waals surface area contributed by atoms with E-state index >= 15 is 0 Å². The summed E-state index contributed by atoms with van der Waals surface area (Å²) in [5, 5.41) is 0. The van der Waals surface area contributed by atoms with Crippen LogP contribution in [0.2, 0.25) is 0 Å². The zero-order valence-electron chi connectivity index (χ0n) is 12.1. The maximum Gasteiger partial charge on any atom is 2.00 e. The summed E-state index contributed by atoms with van der Waals surface area (Å²) in [6.07, 6.45) is 26.1. The Labute approximate surface area is 141 Å². The van der Waals surface area contributed by atoms with Gasteiger partial charge in [0, 0.05) is 0 Å². The first kappa shape index (κ1) is 20.2. The minimum Gasteiger partial charge on any atom is -0.414 e. The Balaban J connectivity index is 0.000000282. The first-order valence-electron chi connectivity index (χ1n) is 6.37. The molecule has 0 aromatic carbocycles. The van der Waals surface area contributed by atoms with Crippen LogP contribution in [-0.4, -0.2) is 13.2 Å². The Morgan fingerprint density at radius 1 is 0.650 bits per heavy atom. The van der Waals surface area contributed by atoms with Crippen molar-refractivity contribution in [2.45, 2.75) is 13.8 Å². The van der Waals surface area contributed by atoms with Crippen LogP contribution in [0.15, 0.2) is 11.1 Å². The van der Waals surface area contributed by atoms with Gasteiger partial charge in [-0.3, -0.25) is 0 Å². The molecule has 1 nitrogen and oxygen atoms in total. The van der Waals surface area contributed by atoms with Crippen molar-refractivity contribution in [3.63, 3.8) is 0 Å². The van der Waals surface area contributed by atoms with Crippen molar-refractivity contribution in [3.8, 4) is 0 Å². The molecule has 2 aliphatic carbocycles. The third-order valence-electron chi connectivity index (χ3n) is 2.57. The van der Waals surface area contributed by atoms with Crippen molar-refractivity contribution in [2.75, 3.05) is 13.2 Å². The van der Waals surface area contributed by atoms with Crippen molar-refractivity contribution in [3.05, 3.63) is 87.5 Å². The van der Waals surface area contributed by atoms with Crippen LogP contribution in [-0.2, 0) is 26.5 Å². The van der Waals surface area contributed by atoms with Gasteiger partial charge in [-0.1, -0.05) is 0 Å². The van der Waals surface area contributed by atoms with Gasteiger partial charge in [0.2, 0.25) is 0 Å². The van der Waals surface area contributed by atoms with E-state index in [1.165, 1.54) is 0 Å². The van der Waals surface area contributed by atoms with E-state index in [1.54, 1.807) is 0 Å². The van der Waals surface area contributed by atoms with Crippen LogP contribution in [0.3, 0.4) is 0 Å². The Kier molecular flexibility index (Phi) is 14.2. The monoisotopic (exact) mass is 300 g/mol. The first-order chi connectivity index (χ1) is 9.38. The Morgan fingerprint density at radius 3 is 1.10 bits per heavy atom. The summed E-state index contributed by atoms with van der Waals surface area (Å²) in [6, 6.07) is 0. The zero-order valence-corrected chi connectivity index (χ0v) is 13.7. The van der Waals surface area contributed by atoms with E-state index in [4.69, 9.17) is 4.74 Å². The molecule has 1 saturated heterocycles. The van der Waals surface area contributed by atoms with Crippen LogP contribution in [0, 0.1) is 76.4 Å². The summed E-state index contributed by atoms with van der Waals surface area (Å²) in [4.78, 5) is 0. The van der Waals surface area contributed by atoms with Gasteiger partial charge in [-0.15, -0.1) is 13.8 Å². The fraction of sp³-hybridized carbons (Fsp3) is 0.222. The Hall–Kier alpha value is 0.154. The van der Waals surface area contributed by atoms with E-state index in [-0.39, 0.29) is 21.7 Å². The van der Waals surface area contributed by atoms with E-state index in [1.807, 2.05) is 78.1 Å². The molecule has 3 fully saturated rings. The Bertz CT molecular complexity index is 230. The van der Waals surface area contributed by atoms with Gasteiger partial charge in [-0.25, -0.2) is 0 Å². The molecule has 0 amide bonds. The number of ether oxygens (including phenoxy) is 1. The summed E-state index contributed by atoms with van der Waals surface area (Å²) in [5.41, 5.74) is 2.33. The summed E-state index contributed by atoms with van der Waals surface area (Å²) in [7, 11) is 0. The van der Waals surface area contributed by atoms with Gasteiger partial charge in [0.15, 0.2) is 0 Å². The second kappa shape index (κ2) is 14.1. The predicted molar refractivity (Wildman–Crippen MR) is 78.7 cm³/mol. The Morgan fingerprint density at radius 2 is 0.900 bits per heavy atom. The van der Waals surface area contributed by atoms with E-state index in [0.717, 1.165) is 11.1 Å². The van der Waals surface area contributed by atoms with E-state index < -0.39 is 0 Å². The maximum atomic E-state index is 5.15. The topological polar surface area (TPSA) is 9.23 Å². The molecule has 102 valence electrons. The van der Waals surface area contributed by atoms with Crippen LogP contribution >= 0.6 is 0 Å². The fourth-order valence-electron chi connectivity index (χ4n) is 1.52. The summed E-state index contributed by atoms with van der Waals surface area (Å²) in [5.74, 6) is 0. The molecule has 0 spiro atoms. The molecule has 3 rings (SSSR count). The molecular weight excluding hydrogens is 280 g/mol. The summed E-state index contributed by atoms with van der Waals surface area (Å²) in [6.45, 7) is 5.24. The molecule has 0 aromatic heterocycles. The molecular formula is C18H20OTi. The predicted octanol–water partition coefficient (Wildman–Crippen LogP) is 3.56. The van der Waals surface area contributed by atoms with E-state index in [0.29, 0.717) is 13.2 Å². The zero-order chi connectivity index (χ0) is 13.8. The van der Waals surface area contributed by atoms with Crippen LogP contribution < -0.4 is 0 Å². The molecule has 2 saturated carbocycles. The van der Waals surface area contributed by atoms with Gasteiger partial charge in [-0.2, -0.15) is 0 Å². The third-order valence-corrected chi connectivity index (χ3v) is 2.57. The average Bonchev–Trinajstić information content (AvgIpc) is 3.23. The fourth-order valence-corrected chi connectivity index (χ4v) is 1.52. The van der Waals surface area contributed by atoms with Crippen LogP contribution in [0.5, 0.6) is 0 Å². The number of allylic oxidation sites excluding steroid dienone is 2. The number of hydrogen-bond acceptors (Lipinski definition) is 1. The maximum absolute atomic E-state index is 5.15. The van der Waals surface area contributed by atoms with Crippen molar-refractivity contribution in [1.29, 1.82) is 0 Å². The quantitative estimate of drug-likeness (QED) is 0.491. The third kappa shape index (κ3) is 9.16. The van der Waals surface area contributed by atoms with Crippen LogP contribution in [0.1, 0.15) is 13.8 Å². The van der Waals surface area contributed by atoms with Gasteiger partial charge in [-0.05, 0) is 77.4 Å². The van der Waals surface area contributed by atoms with E-state index in [9.17, 15) is 0 Å². The van der Waals surface area contributed by atoms with Crippen LogP contribution in [0.4, 0.5) is 0 Å². The van der Waals surface area contributed by atoms with Crippen LogP contribution in [0.25, 0.3) is 0 Å². The molecule has 10 radical (unpaired) electrons. The van der Waals surface area contributed by atoms with Crippen molar-refractivity contribution in [1.82, 2.24) is 0 Å². The van der Waals surface area contributed by atoms with E-state index in [2.05, 4.69) is 12.2 Å². The van der Waals surface area contributed by atoms with Gasteiger partial charge >= 0.3 is 21.7 Å². The minimum atomic E-state index is 0. The average molecular weight is 300 g/mol. The van der Waals surface area contributed by atoms with Gasteiger partial charge in [0.05, 0.1) is 0 Å². The second-order valence-electron chi connectivity index (χ2n) is 3.87. The van der Waals surface area contributed by atoms with Gasteiger partial charge < -0.3 is 28.0 Å². The standard InChI is InChI=1S/C8H10O.2C5H5.Ti/c1-3-7-5-9-6-8(7)4-2;2*1-2-4-5-3-1;/h5-6H2,1-2H3;2*1-5H;/q-2;;;+2. The molecule has 20 heavy (non-hydrogen) atoms. The van der Waals surface area contributed by atoms with Crippen molar-refractivity contribution < 1.29 is 26.5 Å². The smallest absolute Gasteiger partial charge is 0.414 e. The molecule has 0 N–H and O–H groups in total. The summed E-state index contributed by atoms with van der Waals surface area (Å²) >= 11 is 0. The molecule has 3 aliphatic rings. The molecule has 1 aliphatic heterocycles. The molecule has 0 aromatic rings. The van der Waals surface area contributed by atoms with Gasteiger partial charge in [0.1, 0.15) is 0 Å². The van der Waals surface area contributed by atoms with Gasteiger partial charge in [0.25, 0.3) is 0 Å². The molecule has 0 bridgehead atoms. The molecule has 2 heteroatoms. The number of rotatable bonds is 0. The van der Waals surface area contributed by atoms with Crippen molar-refractivity contribution >= 4 is 0 Å². The molecule has 0 unspecified atom stereocenters. The SMILES string of the molecule is C[C-]=C1COCC1=[C-]C.[CH]1[CH][CH][CH][CH]1.[CH]1[CH][CH][CH][CH]1.[Ti+2]. The summed E-state index contributed by atoms with van der Waals surface area (Å²) < 4.78 is 5.15. The second-order valence-corrected chi connectivity index (χ2v) is 3.87. The molecule has 0 atom stereocenters. The molecule has 1 heterocycles.